The summed E-state index contributed by atoms with van der Waals surface area (Å²) in [5.74, 6) is -0.280. The number of carbonyl (C=O) groups excluding carboxylic acids is 2. The first-order valence-corrected chi connectivity index (χ1v) is 8.74. The lowest BCUT2D eigenvalue weighted by atomic mass is 10.2. The summed E-state index contributed by atoms with van der Waals surface area (Å²) >= 11 is 5.85. The zero-order valence-corrected chi connectivity index (χ0v) is 15.3. The monoisotopic (exact) mass is 396 g/mol. The van der Waals surface area contributed by atoms with Crippen LogP contribution in [0.1, 0.15) is 34.6 Å². The molecule has 1 saturated heterocycles. The van der Waals surface area contributed by atoms with Crippen LogP contribution >= 0.6 is 11.6 Å². The Balaban J connectivity index is 1.49. The Labute approximate surface area is 159 Å². The van der Waals surface area contributed by atoms with E-state index in [1.165, 1.54) is 6.07 Å². The highest BCUT2D eigenvalue weighted by molar-refractivity contribution is 6.33. The number of ether oxygens (including phenoxy) is 1. The zero-order chi connectivity index (χ0) is 19.4. The highest BCUT2D eigenvalue weighted by Gasteiger charge is 2.28. The molecule has 10 heteroatoms. The number of aryl methyl sites for hydroxylation is 1. The smallest absolute Gasteiger partial charge is 0.252 e. The molecule has 1 aromatic carbocycles. The SMILES string of the molecule is Cc1nc([C@@H]2CN(C(=O)CCNC(=O)c3ccc(F)cc3Cl)CCO2)no1. The molecule has 0 unspecified atom stereocenters. The summed E-state index contributed by atoms with van der Waals surface area (Å²) in [6, 6.07) is 3.52. The molecule has 0 aliphatic carbocycles. The van der Waals surface area contributed by atoms with Gasteiger partial charge < -0.3 is 19.5 Å². The molecule has 0 radical (unpaired) electrons. The number of aromatic nitrogens is 2. The van der Waals surface area contributed by atoms with E-state index in [9.17, 15) is 14.0 Å². The standard InChI is InChI=1S/C17H18ClFN4O4/c1-10-21-16(22-27-10)14-9-23(6-7-26-14)15(24)4-5-20-17(25)12-3-2-11(19)8-13(12)18/h2-3,8,14H,4-7,9H2,1H3,(H,20,25)/t14-/m0/s1. The first kappa shape index (κ1) is 19.2. The van der Waals surface area contributed by atoms with Gasteiger partial charge in [0.05, 0.1) is 23.7 Å². The average Bonchev–Trinajstić information content (AvgIpc) is 3.08. The molecule has 2 aromatic rings. The number of halogens is 2. The molecule has 0 saturated carbocycles. The lowest BCUT2D eigenvalue weighted by Gasteiger charge is -2.31. The van der Waals surface area contributed by atoms with Crippen LogP contribution in [0.4, 0.5) is 4.39 Å². The van der Waals surface area contributed by atoms with Crippen LogP contribution in [-0.4, -0.2) is 53.1 Å². The normalized spacial score (nSPS) is 17.0. The molecule has 1 atom stereocenters. The number of amides is 2. The van der Waals surface area contributed by atoms with Gasteiger partial charge in [0.15, 0.2) is 0 Å². The quantitative estimate of drug-likeness (QED) is 0.828. The predicted octanol–water partition coefficient (Wildman–Crippen LogP) is 1.89. The van der Waals surface area contributed by atoms with Crippen LogP contribution in [0.15, 0.2) is 22.7 Å². The van der Waals surface area contributed by atoms with E-state index in [1.54, 1.807) is 11.8 Å². The Kier molecular flexibility index (Phi) is 6.02. The largest absolute Gasteiger partial charge is 0.366 e. The van der Waals surface area contributed by atoms with Gasteiger partial charge in [-0.1, -0.05) is 16.8 Å². The van der Waals surface area contributed by atoms with Crippen molar-refractivity contribution in [1.29, 1.82) is 0 Å². The fourth-order valence-corrected chi connectivity index (χ4v) is 2.94. The zero-order valence-electron chi connectivity index (χ0n) is 14.6. The maximum atomic E-state index is 13.0. The van der Waals surface area contributed by atoms with E-state index in [0.29, 0.717) is 31.4 Å². The van der Waals surface area contributed by atoms with Gasteiger partial charge in [-0.2, -0.15) is 4.98 Å². The van der Waals surface area contributed by atoms with Crippen molar-refractivity contribution in [2.24, 2.45) is 0 Å². The first-order chi connectivity index (χ1) is 12.9. The van der Waals surface area contributed by atoms with Gasteiger partial charge in [-0.15, -0.1) is 0 Å². The van der Waals surface area contributed by atoms with Gasteiger partial charge in [-0.25, -0.2) is 4.39 Å². The van der Waals surface area contributed by atoms with Crippen LogP contribution in [0, 0.1) is 12.7 Å². The van der Waals surface area contributed by atoms with Gasteiger partial charge in [0, 0.05) is 26.4 Å². The molecule has 1 aromatic heterocycles. The van der Waals surface area contributed by atoms with Crippen LogP contribution in [0.5, 0.6) is 0 Å². The molecule has 1 aliphatic heterocycles. The molecule has 27 heavy (non-hydrogen) atoms. The van der Waals surface area contributed by atoms with Gasteiger partial charge >= 0.3 is 0 Å². The lowest BCUT2D eigenvalue weighted by Crippen LogP contribution is -2.43. The van der Waals surface area contributed by atoms with Gasteiger partial charge in [0.25, 0.3) is 5.91 Å². The van der Waals surface area contributed by atoms with Crippen molar-refractivity contribution in [3.63, 3.8) is 0 Å². The Morgan fingerprint density at radius 3 is 2.96 bits per heavy atom. The number of carbonyl (C=O) groups is 2. The fraction of sp³-hybridized carbons (Fsp3) is 0.412. The molecule has 3 rings (SSSR count). The summed E-state index contributed by atoms with van der Waals surface area (Å²) in [4.78, 5) is 30.2. The van der Waals surface area contributed by atoms with Crippen molar-refractivity contribution in [3.05, 3.63) is 46.3 Å². The number of rotatable bonds is 5. The number of benzene rings is 1. The van der Waals surface area contributed by atoms with E-state index in [2.05, 4.69) is 15.5 Å². The average molecular weight is 397 g/mol. The summed E-state index contributed by atoms with van der Waals surface area (Å²) in [6.45, 7) is 2.94. The third-order valence-corrected chi connectivity index (χ3v) is 4.36. The molecule has 0 bridgehead atoms. The van der Waals surface area contributed by atoms with E-state index in [4.69, 9.17) is 20.9 Å². The van der Waals surface area contributed by atoms with E-state index < -0.39 is 17.8 Å². The summed E-state index contributed by atoms with van der Waals surface area (Å²) in [7, 11) is 0. The Hall–Kier alpha value is -2.52. The van der Waals surface area contributed by atoms with Crippen LogP contribution < -0.4 is 5.32 Å². The first-order valence-electron chi connectivity index (χ1n) is 8.37. The predicted molar refractivity (Wildman–Crippen MR) is 92.7 cm³/mol. The molecule has 2 amide bonds. The molecular weight excluding hydrogens is 379 g/mol. The molecule has 144 valence electrons. The summed E-state index contributed by atoms with van der Waals surface area (Å²) in [5, 5.41) is 6.45. The summed E-state index contributed by atoms with van der Waals surface area (Å²) < 4.78 is 23.6. The van der Waals surface area contributed by atoms with Crippen LogP contribution in [-0.2, 0) is 9.53 Å². The molecule has 2 heterocycles. The third kappa shape index (κ3) is 4.81. The summed E-state index contributed by atoms with van der Waals surface area (Å²) in [6.07, 6.45) is -0.324. The number of hydrogen-bond acceptors (Lipinski definition) is 6. The van der Waals surface area contributed by atoms with Crippen molar-refractivity contribution in [1.82, 2.24) is 20.4 Å². The maximum absolute atomic E-state index is 13.0. The van der Waals surface area contributed by atoms with E-state index in [-0.39, 0.29) is 29.5 Å². The van der Waals surface area contributed by atoms with Crippen molar-refractivity contribution >= 4 is 23.4 Å². The van der Waals surface area contributed by atoms with E-state index >= 15 is 0 Å². The molecule has 1 N–H and O–H groups in total. The van der Waals surface area contributed by atoms with Crippen molar-refractivity contribution in [2.45, 2.75) is 19.4 Å². The van der Waals surface area contributed by atoms with Crippen LogP contribution in [0.25, 0.3) is 0 Å². The van der Waals surface area contributed by atoms with Gasteiger partial charge in [-0.05, 0) is 18.2 Å². The van der Waals surface area contributed by atoms with Gasteiger partial charge in [-0.3, -0.25) is 9.59 Å². The third-order valence-electron chi connectivity index (χ3n) is 4.05. The highest BCUT2D eigenvalue weighted by atomic mass is 35.5. The second kappa shape index (κ2) is 8.45. The van der Waals surface area contributed by atoms with Gasteiger partial charge in [0.2, 0.25) is 17.6 Å². The Morgan fingerprint density at radius 2 is 2.26 bits per heavy atom. The number of morpholine rings is 1. The number of nitrogens with zero attached hydrogens (tertiary/aromatic N) is 3. The summed E-state index contributed by atoms with van der Waals surface area (Å²) in [5.41, 5.74) is 0.157. The molecule has 1 fully saturated rings. The molecule has 8 nitrogen and oxygen atoms in total. The van der Waals surface area contributed by atoms with Crippen molar-refractivity contribution in [2.75, 3.05) is 26.2 Å². The molecule has 1 aliphatic rings. The van der Waals surface area contributed by atoms with E-state index in [1.807, 2.05) is 0 Å². The molecular formula is C17H18ClFN4O4. The minimum absolute atomic E-state index is 0.0188. The maximum Gasteiger partial charge on any atom is 0.252 e. The topological polar surface area (TPSA) is 97.6 Å². The number of nitrogens with one attached hydrogen (secondary N) is 1. The second-order valence-corrected chi connectivity index (χ2v) is 6.41. The Bertz CT molecular complexity index is 844. The lowest BCUT2D eigenvalue weighted by molar-refractivity contribution is -0.139. The minimum atomic E-state index is -0.523. The molecule has 0 spiro atoms. The van der Waals surface area contributed by atoms with Crippen molar-refractivity contribution < 1.29 is 23.2 Å². The Morgan fingerprint density at radius 1 is 1.44 bits per heavy atom. The van der Waals surface area contributed by atoms with Gasteiger partial charge in [0.1, 0.15) is 11.9 Å². The number of hydrogen-bond donors (Lipinski definition) is 1. The fourth-order valence-electron chi connectivity index (χ4n) is 2.69. The van der Waals surface area contributed by atoms with Crippen molar-refractivity contribution in [3.8, 4) is 0 Å². The van der Waals surface area contributed by atoms with Crippen LogP contribution in [0.2, 0.25) is 5.02 Å². The minimum Gasteiger partial charge on any atom is -0.366 e. The second-order valence-electron chi connectivity index (χ2n) is 6.00. The van der Waals surface area contributed by atoms with Crippen LogP contribution in [0.3, 0.4) is 0 Å². The highest BCUT2D eigenvalue weighted by Crippen LogP contribution is 2.20. The van der Waals surface area contributed by atoms with E-state index in [0.717, 1.165) is 12.1 Å².